The Morgan fingerprint density at radius 3 is 2.78 bits per heavy atom. The number of anilines is 1. The molecule has 2 N–H and O–H groups in total. The number of hydrogen-bond acceptors (Lipinski definition) is 5. The summed E-state index contributed by atoms with van der Waals surface area (Å²) in [5.41, 5.74) is 0.452. The molecule has 1 amide bonds. The number of hydrogen-bond donors (Lipinski definition) is 2. The summed E-state index contributed by atoms with van der Waals surface area (Å²) in [6, 6.07) is 0.186. The predicted octanol–water partition coefficient (Wildman–Crippen LogP) is 1.57. The molecule has 1 aliphatic carbocycles. The van der Waals surface area contributed by atoms with Gasteiger partial charge in [0.05, 0.1) is 6.20 Å². The van der Waals surface area contributed by atoms with Crippen LogP contribution in [0, 0.1) is 11.8 Å². The number of nitrogens with zero attached hydrogens (tertiary/aromatic N) is 4. The number of rotatable bonds is 6. The molecule has 1 saturated heterocycles. The zero-order chi connectivity index (χ0) is 19.0. The molecule has 8 nitrogen and oxygen atoms in total. The highest BCUT2D eigenvalue weighted by atomic mass is 16.1. The zero-order valence-electron chi connectivity index (χ0n) is 16.1. The fourth-order valence-electron chi connectivity index (χ4n) is 3.97. The Balaban J connectivity index is 1.33. The van der Waals surface area contributed by atoms with E-state index in [9.17, 15) is 9.59 Å². The average Bonchev–Trinajstić information content (AvgIpc) is 3.42. The van der Waals surface area contributed by atoms with Gasteiger partial charge in [-0.1, -0.05) is 12.8 Å². The lowest BCUT2D eigenvalue weighted by Crippen LogP contribution is -2.44. The van der Waals surface area contributed by atoms with E-state index in [-0.39, 0.29) is 17.5 Å². The Morgan fingerprint density at radius 1 is 1.33 bits per heavy atom. The Kier molecular flexibility index (Phi) is 4.88. The lowest BCUT2D eigenvalue weighted by molar-refractivity contribution is -0.122. The molecule has 146 valence electrons. The molecule has 0 aromatic carbocycles. The molecule has 8 heteroatoms. The van der Waals surface area contributed by atoms with Gasteiger partial charge in [-0.15, -0.1) is 0 Å². The predicted molar refractivity (Wildman–Crippen MR) is 104 cm³/mol. The summed E-state index contributed by atoms with van der Waals surface area (Å²) in [6.07, 6.45) is 7.76. The van der Waals surface area contributed by atoms with Gasteiger partial charge in [0.2, 0.25) is 11.9 Å². The highest BCUT2D eigenvalue weighted by Gasteiger charge is 2.27. The topological polar surface area (TPSA) is 95.9 Å². The molecule has 3 heterocycles. The van der Waals surface area contributed by atoms with Crippen molar-refractivity contribution in [3.63, 3.8) is 0 Å². The molecule has 0 bridgehead atoms. The number of carbonyl (C=O) groups is 1. The van der Waals surface area contributed by atoms with Crippen LogP contribution in [0.15, 0.2) is 11.0 Å². The highest BCUT2D eigenvalue weighted by Crippen LogP contribution is 2.33. The summed E-state index contributed by atoms with van der Waals surface area (Å²) in [5, 5.41) is 7.81. The third kappa shape index (κ3) is 3.99. The molecule has 2 aromatic heterocycles. The van der Waals surface area contributed by atoms with Crippen LogP contribution in [0.2, 0.25) is 0 Å². The van der Waals surface area contributed by atoms with E-state index in [0.29, 0.717) is 29.3 Å². The van der Waals surface area contributed by atoms with Crippen LogP contribution >= 0.6 is 0 Å². The quantitative estimate of drug-likeness (QED) is 0.802. The third-order valence-electron chi connectivity index (χ3n) is 6.00. The minimum absolute atomic E-state index is 0.151. The Labute approximate surface area is 158 Å². The number of aromatic amines is 1. The van der Waals surface area contributed by atoms with Crippen LogP contribution in [0.1, 0.15) is 45.4 Å². The number of aromatic nitrogens is 4. The van der Waals surface area contributed by atoms with Crippen LogP contribution in [0.3, 0.4) is 0 Å². The minimum atomic E-state index is -0.151. The molecule has 2 aliphatic rings. The van der Waals surface area contributed by atoms with Crippen molar-refractivity contribution in [1.29, 1.82) is 0 Å². The van der Waals surface area contributed by atoms with Gasteiger partial charge in [-0.3, -0.25) is 19.3 Å². The van der Waals surface area contributed by atoms with Crippen molar-refractivity contribution in [2.45, 2.75) is 51.5 Å². The summed E-state index contributed by atoms with van der Waals surface area (Å²) in [6.45, 7) is 3.75. The SMILES string of the molecule is C[C@@H](NC(=O)CCC1CC1)C1CCN(c2nc3c(cnn3C)c(=O)[nH]2)CC1. The number of fused-ring (bicyclic) bond motifs is 1. The van der Waals surface area contributed by atoms with Crippen molar-refractivity contribution < 1.29 is 4.79 Å². The number of amides is 1. The number of aryl methyl sites for hydroxylation is 1. The molecule has 2 aromatic rings. The molecule has 4 rings (SSSR count). The molecule has 27 heavy (non-hydrogen) atoms. The second-order valence-corrected chi connectivity index (χ2v) is 8.06. The fraction of sp³-hybridized carbons (Fsp3) is 0.684. The molecule has 1 atom stereocenters. The smallest absolute Gasteiger partial charge is 0.263 e. The fourth-order valence-corrected chi connectivity index (χ4v) is 3.97. The second-order valence-electron chi connectivity index (χ2n) is 8.06. The molecule has 2 fully saturated rings. The van der Waals surface area contributed by atoms with E-state index in [1.54, 1.807) is 17.9 Å². The van der Waals surface area contributed by atoms with Crippen LogP contribution in [0.5, 0.6) is 0 Å². The van der Waals surface area contributed by atoms with Crippen LogP contribution < -0.4 is 15.8 Å². The molecular weight excluding hydrogens is 344 g/mol. The zero-order valence-corrected chi connectivity index (χ0v) is 16.1. The summed E-state index contributed by atoms with van der Waals surface area (Å²) in [5.74, 6) is 2.04. The maximum Gasteiger partial charge on any atom is 0.263 e. The first-order valence-electron chi connectivity index (χ1n) is 9.97. The van der Waals surface area contributed by atoms with Gasteiger partial charge in [-0.2, -0.15) is 10.1 Å². The first kappa shape index (κ1) is 18.0. The Morgan fingerprint density at radius 2 is 2.07 bits per heavy atom. The lowest BCUT2D eigenvalue weighted by atomic mass is 9.90. The summed E-state index contributed by atoms with van der Waals surface area (Å²) in [4.78, 5) is 33.9. The maximum absolute atomic E-state index is 12.2. The standard InChI is InChI=1S/C19H28N6O2/c1-12(21-16(26)6-5-13-3-4-13)14-7-9-25(10-8-14)19-22-17-15(18(27)23-19)11-20-24(17)2/h11-14H,3-10H2,1-2H3,(H,21,26)(H,22,23,27)/t12-/m1/s1. The molecular formula is C19H28N6O2. The van der Waals surface area contributed by atoms with E-state index < -0.39 is 0 Å². The van der Waals surface area contributed by atoms with Crippen LogP contribution in [-0.2, 0) is 11.8 Å². The van der Waals surface area contributed by atoms with Crippen LogP contribution in [0.4, 0.5) is 5.95 Å². The van der Waals surface area contributed by atoms with E-state index in [1.165, 1.54) is 12.8 Å². The first-order chi connectivity index (χ1) is 13.0. The van der Waals surface area contributed by atoms with Gasteiger partial charge in [0.1, 0.15) is 5.39 Å². The van der Waals surface area contributed by atoms with Crippen molar-refractivity contribution in [2.24, 2.45) is 18.9 Å². The van der Waals surface area contributed by atoms with Crippen molar-refractivity contribution in [1.82, 2.24) is 25.1 Å². The van der Waals surface area contributed by atoms with E-state index in [0.717, 1.165) is 38.3 Å². The first-order valence-corrected chi connectivity index (χ1v) is 9.97. The van der Waals surface area contributed by atoms with Gasteiger partial charge in [0.25, 0.3) is 5.56 Å². The van der Waals surface area contributed by atoms with Crippen molar-refractivity contribution in [3.8, 4) is 0 Å². The van der Waals surface area contributed by atoms with E-state index >= 15 is 0 Å². The average molecular weight is 372 g/mol. The second kappa shape index (κ2) is 7.32. The molecule has 1 saturated carbocycles. The van der Waals surface area contributed by atoms with Gasteiger partial charge >= 0.3 is 0 Å². The largest absolute Gasteiger partial charge is 0.353 e. The number of piperidine rings is 1. The highest BCUT2D eigenvalue weighted by molar-refractivity contribution is 5.76. The van der Waals surface area contributed by atoms with E-state index in [4.69, 9.17) is 0 Å². The number of H-pyrrole nitrogens is 1. The summed E-state index contributed by atoms with van der Waals surface area (Å²) >= 11 is 0. The van der Waals surface area contributed by atoms with Crippen LogP contribution in [-0.4, -0.2) is 44.8 Å². The molecule has 1 aliphatic heterocycles. The Bertz CT molecular complexity index is 876. The number of nitrogens with one attached hydrogen (secondary N) is 2. The van der Waals surface area contributed by atoms with Crippen LogP contribution in [0.25, 0.3) is 11.0 Å². The van der Waals surface area contributed by atoms with Crippen molar-refractivity contribution in [3.05, 3.63) is 16.6 Å². The molecule has 0 spiro atoms. The van der Waals surface area contributed by atoms with Gasteiger partial charge in [0.15, 0.2) is 5.65 Å². The number of carbonyl (C=O) groups excluding carboxylic acids is 1. The third-order valence-corrected chi connectivity index (χ3v) is 6.00. The lowest BCUT2D eigenvalue weighted by Gasteiger charge is -2.35. The molecule has 0 unspecified atom stereocenters. The van der Waals surface area contributed by atoms with Gasteiger partial charge in [-0.05, 0) is 38.0 Å². The van der Waals surface area contributed by atoms with Crippen molar-refractivity contribution >= 4 is 22.9 Å². The monoisotopic (exact) mass is 372 g/mol. The normalized spacial score (nSPS) is 19.4. The van der Waals surface area contributed by atoms with Gasteiger partial charge < -0.3 is 10.2 Å². The maximum atomic E-state index is 12.2. The van der Waals surface area contributed by atoms with E-state index in [2.05, 4.69) is 32.2 Å². The van der Waals surface area contributed by atoms with Gasteiger partial charge in [-0.25, -0.2) is 0 Å². The Hall–Kier alpha value is -2.38. The van der Waals surface area contributed by atoms with Crippen molar-refractivity contribution in [2.75, 3.05) is 18.0 Å². The minimum Gasteiger partial charge on any atom is -0.353 e. The van der Waals surface area contributed by atoms with E-state index in [1.807, 2.05) is 0 Å². The molecule has 0 radical (unpaired) electrons. The van der Waals surface area contributed by atoms with Gasteiger partial charge in [0, 0.05) is 32.6 Å². The summed E-state index contributed by atoms with van der Waals surface area (Å²) in [7, 11) is 1.79. The summed E-state index contributed by atoms with van der Waals surface area (Å²) < 4.78 is 1.63.